The standard InChI is InChI=1S/C13H15ClN4O2/c1-17-11(5-7-16-17)4-6-15-9-10-8-12(18(19)20)2-3-13(10)14/h2-3,5,7-8,15H,4,6,9H2,1H3. The van der Waals surface area contributed by atoms with Gasteiger partial charge in [0.2, 0.25) is 0 Å². The lowest BCUT2D eigenvalue weighted by Gasteiger charge is -2.07. The van der Waals surface area contributed by atoms with E-state index in [1.165, 1.54) is 12.1 Å². The number of nitro benzene ring substituents is 1. The molecule has 6 nitrogen and oxygen atoms in total. The van der Waals surface area contributed by atoms with E-state index in [0.29, 0.717) is 11.6 Å². The van der Waals surface area contributed by atoms with Crippen molar-refractivity contribution in [3.05, 3.63) is 56.9 Å². The van der Waals surface area contributed by atoms with Crippen molar-refractivity contribution < 1.29 is 4.92 Å². The molecular formula is C13H15ClN4O2. The van der Waals surface area contributed by atoms with Gasteiger partial charge in [-0.15, -0.1) is 0 Å². The maximum absolute atomic E-state index is 10.7. The van der Waals surface area contributed by atoms with Crippen LogP contribution in [0.25, 0.3) is 0 Å². The van der Waals surface area contributed by atoms with Crippen LogP contribution in [0.3, 0.4) is 0 Å². The zero-order chi connectivity index (χ0) is 14.5. The molecule has 0 bridgehead atoms. The van der Waals surface area contributed by atoms with Gasteiger partial charge in [0, 0.05) is 55.6 Å². The molecule has 1 aromatic carbocycles. The van der Waals surface area contributed by atoms with Gasteiger partial charge in [0.05, 0.1) is 4.92 Å². The first kappa shape index (κ1) is 14.5. The number of hydrogen-bond acceptors (Lipinski definition) is 4. The molecule has 1 N–H and O–H groups in total. The number of halogens is 1. The SMILES string of the molecule is Cn1nccc1CCNCc1cc([N+](=O)[O-])ccc1Cl. The van der Waals surface area contributed by atoms with Crippen LogP contribution < -0.4 is 5.32 Å². The van der Waals surface area contributed by atoms with Crippen molar-refractivity contribution in [2.24, 2.45) is 7.05 Å². The summed E-state index contributed by atoms with van der Waals surface area (Å²) in [6.45, 7) is 1.25. The van der Waals surface area contributed by atoms with Crippen LogP contribution in [0.15, 0.2) is 30.5 Å². The van der Waals surface area contributed by atoms with E-state index in [0.717, 1.165) is 24.2 Å². The van der Waals surface area contributed by atoms with Crippen molar-refractivity contribution in [1.82, 2.24) is 15.1 Å². The average Bonchev–Trinajstić information content (AvgIpc) is 2.82. The summed E-state index contributed by atoms with van der Waals surface area (Å²) in [5.74, 6) is 0. The molecule has 0 aliphatic heterocycles. The lowest BCUT2D eigenvalue weighted by atomic mass is 10.2. The number of rotatable bonds is 6. The third-order valence-electron chi connectivity index (χ3n) is 3.04. The molecule has 1 heterocycles. The van der Waals surface area contributed by atoms with Crippen LogP contribution in [-0.2, 0) is 20.0 Å². The summed E-state index contributed by atoms with van der Waals surface area (Å²) >= 11 is 6.03. The number of non-ortho nitro benzene ring substituents is 1. The molecule has 0 saturated heterocycles. The summed E-state index contributed by atoms with van der Waals surface area (Å²) in [6.07, 6.45) is 2.59. The molecule has 0 saturated carbocycles. The molecule has 106 valence electrons. The van der Waals surface area contributed by atoms with Crippen molar-refractivity contribution in [2.75, 3.05) is 6.54 Å². The third-order valence-corrected chi connectivity index (χ3v) is 3.40. The number of nitrogens with zero attached hydrogens (tertiary/aromatic N) is 3. The van der Waals surface area contributed by atoms with Gasteiger partial charge in [-0.1, -0.05) is 11.6 Å². The zero-order valence-electron chi connectivity index (χ0n) is 11.0. The van der Waals surface area contributed by atoms with Crippen molar-refractivity contribution in [1.29, 1.82) is 0 Å². The Balaban J connectivity index is 1.89. The highest BCUT2D eigenvalue weighted by molar-refractivity contribution is 6.31. The number of aromatic nitrogens is 2. The minimum Gasteiger partial charge on any atom is -0.312 e. The maximum Gasteiger partial charge on any atom is 0.269 e. The van der Waals surface area contributed by atoms with Crippen LogP contribution in [-0.4, -0.2) is 21.2 Å². The molecule has 20 heavy (non-hydrogen) atoms. The quantitative estimate of drug-likeness (QED) is 0.504. The highest BCUT2D eigenvalue weighted by atomic mass is 35.5. The Bertz CT molecular complexity index is 612. The Labute approximate surface area is 121 Å². The lowest BCUT2D eigenvalue weighted by Crippen LogP contribution is -2.18. The van der Waals surface area contributed by atoms with Gasteiger partial charge in [-0.2, -0.15) is 5.10 Å². The van der Waals surface area contributed by atoms with Gasteiger partial charge in [0.15, 0.2) is 0 Å². The van der Waals surface area contributed by atoms with Crippen LogP contribution >= 0.6 is 11.6 Å². The summed E-state index contributed by atoms with van der Waals surface area (Å²) < 4.78 is 1.82. The van der Waals surface area contributed by atoms with Gasteiger partial charge >= 0.3 is 0 Å². The third kappa shape index (κ3) is 3.55. The van der Waals surface area contributed by atoms with Crippen LogP contribution in [0.2, 0.25) is 5.02 Å². The van der Waals surface area contributed by atoms with E-state index in [9.17, 15) is 10.1 Å². The highest BCUT2D eigenvalue weighted by Gasteiger charge is 2.09. The van der Waals surface area contributed by atoms with Crippen LogP contribution in [0.4, 0.5) is 5.69 Å². The number of benzene rings is 1. The molecular weight excluding hydrogens is 280 g/mol. The first-order chi connectivity index (χ1) is 9.58. The second-order valence-corrected chi connectivity index (χ2v) is 4.81. The van der Waals surface area contributed by atoms with Crippen molar-refractivity contribution in [2.45, 2.75) is 13.0 Å². The molecule has 0 spiro atoms. The van der Waals surface area contributed by atoms with Gasteiger partial charge in [0.1, 0.15) is 0 Å². The summed E-state index contributed by atoms with van der Waals surface area (Å²) in [4.78, 5) is 10.3. The fourth-order valence-electron chi connectivity index (χ4n) is 1.90. The molecule has 0 unspecified atom stereocenters. The zero-order valence-corrected chi connectivity index (χ0v) is 11.8. The van der Waals surface area contributed by atoms with Crippen LogP contribution in [0.1, 0.15) is 11.3 Å². The van der Waals surface area contributed by atoms with Gasteiger partial charge in [0.25, 0.3) is 5.69 Å². The number of nitro groups is 1. The number of nitrogens with one attached hydrogen (secondary N) is 1. The van der Waals surface area contributed by atoms with E-state index in [-0.39, 0.29) is 5.69 Å². The highest BCUT2D eigenvalue weighted by Crippen LogP contribution is 2.21. The van der Waals surface area contributed by atoms with E-state index >= 15 is 0 Å². The number of aryl methyl sites for hydroxylation is 1. The Hall–Kier alpha value is -1.92. The molecule has 0 aliphatic carbocycles. The maximum atomic E-state index is 10.7. The van der Waals surface area contributed by atoms with E-state index in [2.05, 4.69) is 10.4 Å². The second kappa shape index (κ2) is 6.49. The Morgan fingerprint density at radius 1 is 1.45 bits per heavy atom. The first-order valence-electron chi connectivity index (χ1n) is 6.18. The molecule has 0 radical (unpaired) electrons. The fourth-order valence-corrected chi connectivity index (χ4v) is 2.08. The van der Waals surface area contributed by atoms with Crippen molar-refractivity contribution in [3.63, 3.8) is 0 Å². The Morgan fingerprint density at radius 3 is 2.90 bits per heavy atom. The Morgan fingerprint density at radius 2 is 2.25 bits per heavy atom. The van der Waals surface area contributed by atoms with E-state index in [4.69, 9.17) is 11.6 Å². The average molecular weight is 295 g/mol. The van der Waals surface area contributed by atoms with Crippen molar-refractivity contribution in [3.8, 4) is 0 Å². The monoisotopic (exact) mass is 294 g/mol. The Kier molecular flexibility index (Phi) is 4.70. The summed E-state index contributed by atoms with van der Waals surface area (Å²) in [5.41, 5.74) is 1.91. The predicted molar refractivity (Wildman–Crippen MR) is 76.7 cm³/mol. The van der Waals surface area contributed by atoms with Gasteiger partial charge in [-0.3, -0.25) is 14.8 Å². The molecule has 0 fully saturated rings. The molecule has 7 heteroatoms. The van der Waals surface area contributed by atoms with E-state index in [1.807, 2.05) is 17.8 Å². The van der Waals surface area contributed by atoms with E-state index in [1.54, 1.807) is 12.3 Å². The van der Waals surface area contributed by atoms with E-state index < -0.39 is 4.92 Å². The minimum atomic E-state index is -0.421. The van der Waals surface area contributed by atoms with Gasteiger partial charge in [-0.25, -0.2) is 0 Å². The summed E-state index contributed by atoms with van der Waals surface area (Å²) in [6, 6.07) is 6.42. The summed E-state index contributed by atoms with van der Waals surface area (Å²) in [7, 11) is 1.90. The van der Waals surface area contributed by atoms with Crippen LogP contribution in [0.5, 0.6) is 0 Å². The molecule has 0 aliphatic rings. The largest absolute Gasteiger partial charge is 0.312 e. The van der Waals surface area contributed by atoms with Crippen LogP contribution in [0, 0.1) is 10.1 Å². The molecule has 2 aromatic rings. The topological polar surface area (TPSA) is 73.0 Å². The fraction of sp³-hybridized carbons (Fsp3) is 0.308. The molecule has 2 rings (SSSR count). The molecule has 1 aromatic heterocycles. The summed E-state index contributed by atoms with van der Waals surface area (Å²) in [5, 5.41) is 18.6. The lowest BCUT2D eigenvalue weighted by molar-refractivity contribution is -0.384. The molecule has 0 amide bonds. The molecule has 0 atom stereocenters. The van der Waals surface area contributed by atoms with Gasteiger partial charge in [-0.05, 0) is 17.7 Å². The van der Waals surface area contributed by atoms with Gasteiger partial charge < -0.3 is 5.32 Å². The predicted octanol–water partition coefficient (Wildman–Crippen LogP) is 2.31. The normalized spacial score (nSPS) is 10.7. The second-order valence-electron chi connectivity index (χ2n) is 4.41. The number of hydrogen-bond donors (Lipinski definition) is 1. The minimum absolute atomic E-state index is 0.0536. The smallest absolute Gasteiger partial charge is 0.269 e. The first-order valence-corrected chi connectivity index (χ1v) is 6.56. The van der Waals surface area contributed by atoms with Crippen molar-refractivity contribution >= 4 is 17.3 Å².